The smallest absolute Gasteiger partial charge is 0.191 e. The number of aromatic nitrogens is 3. The molecule has 1 aromatic heterocycles. The first-order valence-corrected chi connectivity index (χ1v) is 11.0. The molecule has 30 heavy (non-hydrogen) atoms. The van der Waals surface area contributed by atoms with Gasteiger partial charge in [-0.25, -0.2) is 0 Å². The van der Waals surface area contributed by atoms with E-state index in [1.807, 2.05) is 24.3 Å². The fraction of sp³-hybridized carbons (Fsp3) is 0.250. The third-order valence-corrected chi connectivity index (χ3v) is 5.75. The summed E-state index contributed by atoms with van der Waals surface area (Å²) in [5.74, 6) is 2.54. The summed E-state index contributed by atoms with van der Waals surface area (Å²) in [6.07, 6.45) is 0. The summed E-state index contributed by atoms with van der Waals surface area (Å²) in [4.78, 5) is 0. The van der Waals surface area contributed by atoms with E-state index in [2.05, 4.69) is 64.2 Å². The SMILES string of the molecule is COCCn1c(SCCOc2ccc3ccccc3c2)nnc1-c1cccc(C)c1. The first-order chi connectivity index (χ1) is 14.7. The van der Waals surface area contributed by atoms with Gasteiger partial charge in [0.1, 0.15) is 5.75 Å². The lowest BCUT2D eigenvalue weighted by Gasteiger charge is -2.11. The van der Waals surface area contributed by atoms with Gasteiger partial charge < -0.3 is 9.47 Å². The van der Waals surface area contributed by atoms with Gasteiger partial charge in [-0.2, -0.15) is 0 Å². The summed E-state index contributed by atoms with van der Waals surface area (Å²) in [6.45, 7) is 4.00. The Balaban J connectivity index is 1.42. The number of ether oxygens (including phenoxy) is 2. The van der Waals surface area contributed by atoms with Crippen molar-refractivity contribution in [1.82, 2.24) is 14.8 Å². The van der Waals surface area contributed by atoms with Crippen LogP contribution in [0.25, 0.3) is 22.2 Å². The molecular formula is C24H25N3O2S. The summed E-state index contributed by atoms with van der Waals surface area (Å²) < 4.78 is 13.4. The lowest BCUT2D eigenvalue weighted by atomic mass is 10.1. The summed E-state index contributed by atoms with van der Waals surface area (Å²) in [7, 11) is 1.71. The normalized spacial score (nSPS) is 11.1. The van der Waals surface area contributed by atoms with E-state index in [4.69, 9.17) is 9.47 Å². The molecule has 0 aliphatic carbocycles. The van der Waals surface area contributed by atoms with Crippen molar-refractivity contribution < 1.29 is 9.47 Å². The molecule has 4 aromatic rings. The summed E-state index contributed by atoms with van der Waals surface area (Å²) in [6, 6.07) is 22.8. The minimum atomic E-state index is 0.597. The number of fused-ring (bicyclic) bond motifs is 1. The molecule has 0 spiro atoms. The van der Waals surface area contributed by atoms with E-state index in [9.17, 15) is 0 Å². The molecule has 0 atom stereocenters. The standard InChI is InChI=1S/C24H25N3O2S/c1-18-6-5-9-21(16-18)23-25-26-24(27(23)12-13-28-2)30-15-14-29-22-11-10-19-7-3-4-8-20(19)17-22/h3-11,16-17H,12-15H2,1-2H3. The van der Waals surface area contributed by atoms with Gasteiger partial charge in [0.05, 0.1) is 19.8 Å². The molecule has 0 radical (unpaired) electrons. The number of benzene rings is 3. The fourth-order valence-corrected chi connectivity index (χ4v) is 4.11. The zero-order valence-corrected chi connectivity index (χ0v) is 18.1. The number of nitrogens with zero attached hydrogens (tertiary/aromatic N) is 3. The van der Waals surface area contributed by atoms with Crippen LogP contribution < -0.4 is 4.74 Å². The Bertz CT molecular complexity index is 1130. The van der Waals surface area contributed by atoms with Crippen molar-refractivity contribution in [2.75, 3.05) is 26.1 Å². The molecule has 0 fully saturated rings. The summed E-state index contributed by atoms with van der Waals surface area (Å²) >= 11 is 1.65. The molecule has 154 valence electrons. The molecule has 1 heterocycles. The number of aryl methyl sites for hydroxylation is 1. The Hall–Kier alpha value is -2.83. The first-order valence-electron chi connectivity index (χ1n) is 9.98. The third-order valence-electron chi connectivity index (χ3n) is 4.82. The van der Waals surface area contributed by atoms with Gasteiger partial charge in [-0.05, 0) is 35.9 Å². The van der Waals surface area contributed by atoms with E-state index in [1.165, 1.54) is 16.3 Å². The Labute approximate surface area is 181 Å². The maximum Gasteiger partial charge on any atom is 0.191 e. The molecule has 0 saturated heterocycles. The number of hydrogen-bond acceptors (Lipinski definition) is 5. The maximum atomic E-state index is 5.96. The highest BCUT2D eigenvalue weighted by molar-refractivity contribution is 7.99. The van der Waals surface area contributed by atoms with Gasteiger partial charge in [0.25, 0.3) is 0 Å². The molecule has 5 nitrogen and oxygen atoms in total. The van der Waals surface area contributed by atoms with Gasteiger partial charge in [-0.1, -0.05) is 65.9 Å². The molecule has 0 bridgehead atoms. The lowest BCUT2D eigenvalue weighted by molar-refractivity contribution is 0.185. The van der Waals surface area contributed by atoms with Crippen molar-refractivity contribution in [2.45, 2.75) is 18.6 Å². The topological polar surface area (TPSA) is 49.2 Å². The van der Waals surface area contributed by atoms with E-state index in [1.54, 1.807) is 18.9 Å². The Morgan fingerprint density at radius 3 is 2.60 bits per heavy atom. The zero-order valence-electron chi connectivity index (χ0n) is 17.2. The minimum absolute atomic E-state index is 0.597. The molecule has 3 aromatic carbocycles. The van der Waals surface area contributed by atoms with E-state index in [0.717, 1.165) is 28.0 Å². The maximum absolute atomic E-state index is 5.96. The van der Waals surface area contributed by atoms with Crippen LogP contribution in [0.2, 0.25) is 0 Å². The van der Waals surface area contributed by atoms with Crippen molar-refractivity contribution in [2.24, 2.45) is 0 Å². The molecule has 0 unspecified atom stereocenters. The van der Waals surface area contributed by atoms with Gasteiger partial charge in [-0.15, -0.1) is 10.2 Å². The van der Waals surface area contributed by atoms with Crippen LogP contribution in [-0.4, -0.2) is 40.8 Å². The van der Waals surface area contributed by atoms with Crippen LogP contribution in [0.4, 0.5) is 0 Å². The van der Waals surface area contributed by atoms with E-state index >= 15 is 0 Å². The molecule has 0 N–H and O–H groups in total. The second kappa shape index (κ2) is 9.78. The largest absolute Gasteiger partial charge is 0.493 e. The van der Waals surface area contributed by atoms with Crippen LogP contribution in [0.15, 0.2) is 71.9 Å². The summed E-state index contributed by atoms with van der Waals surface area (Å²) in [5.41, 5.74) is 2.27. The average molecular weight is 420 g/mol. The Kier molecular flexibility index (Phi) is 6.67. The molecule has 4 rings (SSSR count). The van der Waals surface area contributed by atoms with Gasteiger partial charge in [-0.3, -0.25) is 4.57 Å². The van der Waals surface area contributed by atoms with Crippen LogP contribution in [0.5, 0.6) is 5.75 Å². The average Bonchev–Trinajstić information content (AvgIpc) is 3.18. The highest BCUT2D eigenvalue weighted by atomic mass is 32.2. The van der Waals surface area contributed by atoms with Crippen LogP contribution >= 0.6 is 11.8 Å². The van der Waals surface area contributed by atoms with E-state index in [-0.39, 0.29) is 0 Å². The second-order valence-corrected chi connectivity index (χ2v) is 8.09. The molecule has 0 aliphatic heterocycles. The van der Waals surface area contributed by atoms with E-state index < -0.39 is 0 Å². The predicted molar refractivity (Wildman–Crippen MR) is 122 cm³/mol. The van der Waals surface area contributed by atoms with Gasteiger partial charge in [0.15, 0.2) is 11.0 Å². The van der Waals surface area contributed by atoms with Gasteiger partial charge in [0, 0.05) is 18.4 Å². The van der Waals surface area contributed by atoms with Crippen LogP contribution in [-0.2, 0) is 11.3 Å². The number of hydrogen-bond donors (Lipinski definition) is 0. The lowest BCUT2D eigenvalue weighted by Crippen LogP contribution is -2.08. The molecule has 0 saturated carbocycles. The highest BCUT2D eigenvalue weighted by Gasteiger charge is 2.14. The predicted octanol–water partition coefficient (Wildman–Crippen LogP) is 5.22. The molecule has 6 heteroatoms. The number of rotatable bonds is 9. The Morgan fingerprint density at radius 2 is 1.77 bits per heavy atom. The zero-order chi connectivity index (χ0) is 20.8. The fourth-order valence-electron chi connectivity index (χ4n) is 3.33. The monoisotopic (exact) mass is 419 g/mol. The van der Waals surface area contributed by atoms with Crippen molar-refractivity contribution in [3.8, 4) is 17.1 Å². The highest BCUT2D eigenvalue weighted by Crippen LogP contribution is 2.25. The Morgan fingerprint density at radius 1 is 0.900 bits per heavy atom. The molecule has 0 aliphatic rings. The second-order valence-electron chi connectivity index (χ2n) is 7.03. The van der Waals surface area contributed by atoms with Crippen molar-refractivity contribution in [3.05, 3.63) is 72.3 Å². The van der Waals surface area contributed by atoms with E-state index in [0.29, 0.717) is 19.8 Å². The quantitative estimate of drug-likeness (QED) is 0.275. The number of thioether (sulfide) groups is 1. The van der Waals surface area contributed by atoms with Gasteiger partial charge in [0.2, 0.25) is 0 Å². The third kappa shape index (κ3) is 4.83. The van der Waals surface area contributed by atoms with Crippen molar-refractivity contribution in [3.63, 3.8) is 0 Å². The van der Waals surface area contributed by atoms with Gasteiger partial charge >= 0.3 is 0 Å². The molecular weight excluding hydrogens is 394 g/mol. The first kappa shape index (κ1) is 20.4. The van der Waals surface area contributed by atoms with Crippen LogP contribution in [0.1, 0.15) is 5.56 Å². The summed E-state index contributed by atoms with van der Waals surface area (Å²) in [5, 5.41) is 12.2. The van der Waals surface area contributed by atoms with Crippen LogP contribution in [0.3, 0.4) is 0 Å². The van der Waals surface area contributed by atoms with Crippen molar-refractivity contribution in [1.29, 1.82) is 0 Å². The molecule has 0 amide bonds. The number of methoxy groups -OCH3 is 1. The van der Waals surface area contributed by atoms with Crippen LogP contribution in [0, 0.1) is 6.92 Å². The minimum Gasteiger partial charge on any atom is -0.493 e. The van der Waals surface area contributed by atoms with Crippen molar-refractivity contribution >= 4 is 22.5 Å².